The number of benzene rings is 1. The van der Waals surface area contributed by atoms with Crippen molar-refractivity contribution in [1.82, 2.24) is 0 Å². The molecule has 1 nitrogen and oxygen atoms in total. The Labute approximate surface area is 84.2 Å². The predicted molar refractivity (Wildman–Crippen MR) is 50.6 cm³/mol. The van der Waals surface area contributed by atoms with Crippen molar-refractivity contribution in [2.75, 3.05) is 0 Å². The number of rotatable bonds is 1. The summed E-state index contributed by atoms with van der Waals surface area (Å²) in [6, 6.07) is 10.7. The summed E-state index contributed by atoms with van der Waals surface area (Å²) in [4.78, 5) is 0. The molecule has 0 unspecified atom stereocenters. The highest BCUT2D eigenvalue weighted by molar-refractivity contribution is 7.22. The van der Waals surface area contributed by atoms with E-state index < -0.39 is 18.2 Å². The third-order valence-electron chi connectivity index (χ3n) is 0.993. The van der Waals surface area contributed by atoms with Crippen molar-refractivity contribution in [3.8, 4) is 0 Å². The number of hydrogen-bond donors (Lipinski definition) is 1. The van der Waals surface area contributed by atoms with E-state index in [2.05, 4.69) is 6.07 Å². The molecule has 0 saturated carbocycles. The first-order valence-corrected chi connectivity index (χ1v) is 7.40. The molecule has 0 aliphatic rings. The molecule has 1 aromatic rings. The number of hydrogen-bond acceptors (Lipinski definition) is 1. The van der Waals surface area contributed by atoms with Crippen LogP contribution in [0.4, 0.5) is 0 Å². The Kier molecular flexibility index (Phi) is 9.03. The molecule has 0 heterocycles. The van der Waals surface area contributed by atoms with Gasteiger partial charge in [0.25, 0.3) is 0 Å². The van der Waals surface area contributed by atoms with E-state index in [1.807, 2.05) is 24.3 Å². The van der Waals surface area contributed by atoms with Crippen LogP contribution < -0.4 is 5.73 Å². The van der Waals surface area contributed by atoms with E-state index >= 15 is 0 Å². The maximum Gasteiger partial charge on any atom is 0.618 e. The molecule has 57 valence electrons. The number of nitrogens with two attached hydrogens (primary N) is 1. The molecule has 1 rings (SSSR count). The molecule has 0 fully saturated rings. The van der Waals surface area contributed by atoms with Gasteiger partial charge in [-0.1, -0.05) is 24.3 Å². The molecular formula is C7H8Cl2MgN. The normalized spacial score (nSPS) is 7.55. The molecule has 0 amide bonds. The molecule has 11 heavy (non-hydrogen) atoms. The molecule has 0 bridgehead atoms. The summed E-state index contributed by atoms with van der Waals surface area (Å²) in [5.74, 6) is 0. The van der Waals surface area contributed by atoms with Gasteiger partial charge in [-0.15, -0.1) is 0 Å². The zero-order valence-electron chi connectivity index (χ0n) is 6.06. The van der Waals surface area contributed by atoms with Crippen LogP contribution in [0.15, 0.2) is 24.3 Å². The van der Waals surface area contributed by atoms with Crippen LogP contribution >= 0.6 is 18.1 Å². The molecule has 0 atom stereocenters. The van der Waals surface area contributed by atoms with Gasteiger partial charge < -0.3 is 23.9 Å². The molecule has 0 aromatic heterocycles. The van der Waals surface area contributed by atoms with Crippen molar-refractivity contribution in [2.45, 2.75) is 6.54 Å². The van der Waals surface area contributed by atoms with Gasteiger partial charge in [0.05, 0.1) is 0 Å². The summed E-state index contributed by atoms with van der Waals surface area (Å²) in [6.07, 6.45) is 0. The van der Waals surface area contributed by atoms with Crippen LogP contribution in [0, 0.1) is 6.07 Å². The lowest BCUT2D eigenvalue weighted by molar-refractivity contribution is 1.07. The smallest absolute Gasteiger partial charge is 0.326 e. The van der Waals surface area contributed by atoms with Crippen LogP contribution in [-0.2, 0) is 6.54 Å². The lowest BCUT2D eigenvalue weighted by Crippen LogP contribution is -1.94. The summed E-state index contributed by atoms with van der Waals surface area (Å²) >= 11 is -0.639. The van der Waals surface area contributed by atoms with Crippen LogP contribution in [-0.4, -0.2) is 18.2 Å². The average Bonchev–Trinajstić information content (AvgIpc) is 2.08. The second-order valence-corrected chi connectivity index (χ2v) is 4.32. The molecule has 4 heteroatoms. The summed E-state index contributed by atoms with van der Waals surface area (Å²) in [5, 5.41) is 0. The average molecular weight is 201 g/mol. The van der Waals surface area contributed by atoms with Crippen molar-refractivity contribution in [3.63, 3.8) is 0 Å². The van der Waals surface area contributed by atoms with Gasteiger partial charge in [0, 0.05) is 6.54 Å². The molecule has 1 radical (unpaired) electrons. The van der Waals surface area contributed by atoms with Crippen molar-refractivity contribution in [2.24, 2.45) is 5.73 Å². The third kappa shape index (κ3) is 6.91. The Hall–Kier alpha value is 0.526. The van der Waals surface area contributed by atoms with Crippen LogP contribution in [0.5, 0.6) is 0 Å². The van der Waals surface area contributed by atoms with E-state index in [-0.39, 0.29) is 0 Å². The second-order valence-electron chi connectivity index (χ2n) is 1.69. The fourth-order valence-corrected chi connectivity index (χ4v) is 0.557. The van der Waals surface area contributed by atoms with Crippen LogP contribution in [0.2, 0.25) is 0 Å². The quantitative estimate of drug-likeness (QED) is 0.691. The van der Waals surface area contributed by atoms with E-state index in [9.17, 15) is 0 Å². The van der Waals surface area contributed by atoms with Crippen molar-refractivity contribution < 1.29 is 0 Å². The summed E-state index contributed by atoms with van der Waals surface area (Å²) in [6.45, 7) is 0.584. The van der Waals surface area contributed by atoms with E-state index in [1.54, 1.807) is 0 Å². The fraction of sp³-hybridized carbons (Fsp3) is 0.143. The molecular weight excluding hydrogens is 193 g/mol. The van der Waals surface area contributed by atoms with Gasteiger partial charge in [-0.25, -0.2) is 0 Å². The third-order valence-corrected chi connectivity index (χ3v) is 0.993. The molecule has 1 aromatic carbocycles. The summed E-state index contributed by atoms with van der Waals surface area (Å²) in [7, 11) is 9.81. The van der Waals surface area contributed by atoms with E-state index in [1.165, 1.54) is 0 Å². The molecule has 0 aliphatic heterocycles. The maximum atomic E-state index is 5.32. The SMILES string of the molecule is NCc1[c]cccc1.[Cl][Mg][Cl]. The van der Waals surface area contributed by atoms with E-state index in [0.29, 0.717) is 6.54 Å². The van der Waals surface area contributed by atoms with Crippen molar-refractivity contribution in [3.05, 3.63) is 35.9 Å². The van der Waals surface area contributed by atoms with Crippen LogP contribution in [0.25, 0.3) is 0 Å². The van der Waals surface area contributed by atoms with Crippen molar-refractivity contribution in [1.29, 1.82) is 0 Å². The van der Waals surface area contributed by atoms with Gasteiger partial charge >= 0.3 is 18.2 Å². The zero-order valence-corrected chi connectivity index (χ0v) is 8.98. The second kappa shape index (κ2) is 8.62. The minimum absolute atomic E-state index is 0.584. The lowest BCUT2D eigenvalue weighted by atomic mass is 10.2. The minimum Gasteiger partial charge on any atom is -0.326 e. The van der Waals surface area contributed by atoms with Gasteiger partial charge in [-0.05, 0) is 11.6 Å². The Morgan fingerprint density at radius 3 is 2.36 bits per heavy atom. The Morgan fingerprint density at radius 2 is 2.09 bits per heavy atom. The highest BCUT2D eigenvalue weighted by atomic mass is 35.6. The maximum absolute atomic E-state index is 5.32. The first kappa shape index (κ1) is 11.5. The highest BCUT2D eigenvalue weighted by Crippen LogP contribution is 1.92. The number of halogens is 2. The van der Waals surface area contributed by atoms with Crippen LogP contribution in [0.3, 0.4) is 0 Å². The Morgan fingerprint density at radius 1 is 1.45 bits per heavy atom. The fourth-order valence-electron chi connectivity index (χ4n) is 0.557. The first-order chi connectivity index (χ1) is 5.35. The van der Waals surface area contributed by atoms with Gasteiger partial charge in [0.2, 0.25) is 0 Å². The Balaban J connectivity index is 0.000000292. The van der Waals surface area contributed by atoms with Gasteiger partial charge in [-0.3, -0.25) is 0 Å². The van der Waals surface area contributed by atoms with E-state index in [4.69, 9.17) is 23.9 Å². The highest BCUT2D eigenvalue weighted by Gasteiger charge is 1.80. The van der Waals surface area contributed by atoms with Gasteiger partial charge in [0.15, 0.2) is 0 Å². The molecule has 2 N–H and O–H groups in total. The first-order valence-electron chi connectivity index (χ1n) is 3.12. The summed E-state index contributed by atoms with van der Waals surface area (Å²) in [5.41, 5.74) is 6.38. The van der Waals surface area contributed by atoms with E-state index in [0.717, 1.165) is 5.56 Å². The molecule has 0 spiro atoms. The lowest BCUT2D eigenvalue weighted by Gasteiger charge is -1.89. The predicted octanol–water partition coefficient (Wildman–Crippen LogP) is 1.94. The zero-order chi connectivity index (χ0) is 8.53. The van der Waals surface area contributed by atoms with Gasteiger partial charge in [-0.2, -0.15) is 0 Å². The van der Waals surface area contributed by atoms with Gasteiger partial charge in [0.1, 0.15) is 0 Å². The molecule has 0 aliphatic carbocycles. The minimum atomic E-state index is -0.639. The summed E-state index contributed by atoms with van der Waals surface area (Å²) < 4.78 is 0. The topological polar surface area (TPSA) is 26.0 Å². The standard InChI is InChI=1S/C7H8N.2ClH.Mg/c8-6-7-4-2-1-3-5-7;;;/h1-4H,6,8H2;2*1H;/q;;;+2/p-2. The molecule has 0 saturated heterocycles. The largest absolute Gasteiger partial charge is 0.618 e. The monoisotopic (exact) mass is 200 g/mol. The van der Waals surface area contributed by atoms with Crippen LogP contribution in [0.1, 0.15) is 5.56 Å². The van der Waals surface area contributed by atoms with Crippen molar-refractivity contribution >= 4 is 36.3 Å². The Bertz CT molecular complexity index is 169.